The van der Waals surface area contributed by atoms with Crippen LogP contribution in [-0.2, 0) is 14.6 Å². The number of sulfone groups is 1. The zero-order chi connectivity index (χ0) is 14.6. The summed E-state index contributed by atoms with van der Waals surface area (Å²) in [6.45, 7) is 1.92. The number of carbonyl (C=O) groups is 1. The number of hydrogen-bond donors (Lipinski definition) is 2. The molecule has 3 N–H and O–H groups in total. The largest absolute Gasteiger partial charge is 0.323 e. The van der Waals surface area contributed by atoms with Gasteiger partial charge in [0, 0.05) is 6.26 Å². The van der Waals surface area contributed by atoms with E-state index in [-0.39, 0.29) is 21.5 Å². The maximum Gasteiger partial charge on any atom is 0.241 e. The van der Waals surface area contributed by atoms with Crippen LogP contribution in [0, 0.1) is 0 Å². The Morgan fingerprint density at radius 3 is 2.63 bits per heavy atom. The smallest absolute Gasteiger partial charge is 0.241 e. The molecule has 0 fully saturated rings. The topological polar surface area (TPSA) is 89.3 Å². The average molecular weight is 305 g/mol. The Morgan fingerprint density at radius 1 is 1.47 bits per heavy atom. The van der Waals surface area contributed by atoms with Crippen molar-refractivity contribution in [3.63, 3.8) is 0 Å². The Balaban J connectivity index is 2.98. The second-order valence-electron chi connectivity index (χ2n) is 4.30. The van der Waals surface area contributed by atoms with Crippen LogP contribution in [0.5, 0.6) is 0 Å². The van der Waals surface area contributed by atoms with Crippen molar-refractivity contribution in [1.82, 2.24) is 0 Å². The fourth-order valence-corrected chi connectivity index (χ4v) is 2.31. The van der Waals surface area contributed by atoms with E-state index in [1.165, 1.54) is 18.2 Å². The van der Waals surface area contributed by atoms with Gasteiger partial charge in [0.2, 0.25) is 5.91 Å². The quantitative estimate of drug-likeness (QED) is 0.868. The molecular formula is C12H17ClN2O3S. The predicted octanol–water partition coefficient (Wildman–Crippen LogP) is 1.81. The van der Waals surface area contributed by atoms with Gasteiger partial charge < -0.3 is 11.1 Å². The summed E-state index contributed by atoms with van der Waals surface area (Å²) >= 11 is 5.92. The van der Waals surface area contributed by atoms with Gasteiger partial charge in [-0.15, -0.1) is 0 Å². The summed E-state index contributed by atoms with van der Waals surface area (Å²) in [4.78, 5) is 11.9. The zero-order valence-electron chi connectivity index (χ0n) is 10.8. The summed E-state index contributed by atoms with van der Waals surface area (Å²) in [6, 6.07) is 3.51. The first kappa shape index (κ1) is 15.9. The van der Waals surface area contributed by atoms with Crippen molar-refractivity contribution in [1.29, 1.82) is 0 Å². The lowest BCUT2D eigenvalue weighted by molar-refractivity contribution is -0.117. The Kier molecular flexibility index (Phi) is 5.34. The highest BCUT2D eigenvalue weighted by molar-refractivity contribution is 7.90. The van der Waals surface area contributed by atoms with E-state index in [4.69, 9.17) is 17.3 Å². The molecule has 1 aromatic rings. The molecule has 19 heavy (non-hydrogen) atoms. The third-order valence-electron chi connectivity index (χ3n) is 2.56. The average Bonchev–Trinajstić information content (AvgIpc) is 2.30. The minimum Gasteiger partial charge on any atom is -0.323 e. The van der Waals surface area contributed by atoms with Crippen LogP contribution in [0.1, 0.15) is 19.8 Å². The lowest BCUT2D eigenvalue weighted by Crippen LogP contribution is -2.35. The summed E-state index contributed by atoms with van der Waals surface area (Å²) < 4.78 is 22.9. The minimum absolute atomic E-state index is 0.0938. The van der Waals surface area contributed by atoms with Crippen LogP contribution >= 0.6 is 11.6 Å². The highest BCUT2D eigenvalue weighted by Crippen LogP contribution is 2.25. The van der Waals surface area contributed by atoms with E-state index in [1.54, 1.807) is 0 Å². The molecule has 1 amide bonds. The van der Waals surface area contributed by atoms with Crippen LogP contribution in [0.4, 0.5) is 5.69 Å². The van der Waals surface area contributed by atoms with Gasteiger partial charge in [-0.25, -0.2) is 8.42 Å². The van der Waals surface area contributed by atoms with Crippen molar-refractivity contribution < 1.29 is 13.2 Å². The van der Waals surface area contributed by atoms with Crippen LogP contribution in [-0.4, -0.2) is 26.6 Å². The van der Waals surface area contributed by atoms with Crippen LogP contribution in [0.15, 0.2) is 23.1 Å². The molecule has 0 aromatic heterocycles. The van der Waals surface area contributed by atoms with Gasteiger partial charge >= 0.3 is 0 Å². The Morgan fingerprint density at radius 2 is 2.11 bits per heavy atom. The molecule has 7 heteroatoms. The number of carbonyl (C=O) groups excluding carboxylic acids is 1. The number of nitrogens with one attached hydrogen (secondary N) is 1. The van der Waals surface area contributed by atoms with Gasteiger partial charge in [0.15, 0.2) is 9.84 Å². The van der Waals surface area contributed by atoms with E-state index in [0.29, 0.717) is 6.42 Å². The number of rotatable bonds is 5. The van der Waals surface area contributed by atoms with Gasteiger partial charge in [-0.2, -0.15) is 0 Å². The standard InChI is InChI=1S/C12H17ClN2O3S/c1-3-4-10(14)12(16)15-11-7-8(19(2,17)18)5-6-9(11)13/h5-7,10H,3-4,14H2,1-2H3,(H,15,16)/t10-/m1/s1. The van der Waals surface area contributed by atoms with E-state index in [0.717, 1.165) is 12.7 Å². The molecule has 1 atom stereocenters. The molecule has 0 aliphatic heterocycles. The number of anilines is 1. The van der Waals surface area contributed by atoms with Crippen LogP contribution < -0.4 is 11.1 Å². The first-order valence-electron chi connectivity index (χ1n) is 5.81. The van der Waals surface area contributed by atoms with Gasteiger partial charge in [-0.05, 0) is 24.6 Å². The molecule has 0 spiro atoms. The first-order chi connectivity index (χ1) is 8.75. The summed E-state index contributed by atoms with van der Waals surface area (Å²) in [7, 11) is -3.35. The molecule has 0 bridgehead atoms. The molecule has 5 nitrogen and oxygen atoms in total. The molecule has 1 rings (SSSR count). The minimum atomic E-state index is -3.35. The van der Waals surface area contributed by atoms with E-state index < -0.39 is 15.9 Å². The Bertz CT molecular complexity index is 572. The van der Waals surface area contributed by atoms with Gasteiger partial charge in [-0.1, -0.05) is 24.9 Å². The van der Waals surface area contributed by atoms with Gasteiger partial charge in [0.05, 0.1) is 21.6 Å². The molecule has 0 aliphatic rings. The maximum atomic E-state index is 11.8. The molecule has 0 saturated carbocycles. The van der Waals surface area contributed by atoms with Crippen molar-refractivity contribution in [2.24, 2.45) is 5.73 Å². The van der Waals surface area contributed by atoms with Crippen molar-refractivity contribution in [3.05, 3.63) is 23.2 Å². The SMILES string of the molecule is CCC[C@@H](N)C(=O)Nc1cc(S(C)(=O)=O)ccc1Cl. The third kappa shape index (κ3) is 4.49. The first-order valence-corrected chi connectivity index (χ1v) is 8.08. The lowest BCUT2D eigenvalue weighted by atomic mass is 10.1. The molecule has 0 unspecified atom stereocenters. The Hall–Kier alpha value is -1.11. The second kappa shape index (κ2) is 6.36. The van der Waals surface area contributed by atoms with Crippen LogP contribution in [0.2, 0.25) is 5.02 Å². The van der Waals surface area contributed by atoms with E-state index >= 15 is 0 Å². The van der Waals surface area contributed by atoms with Crippen molar-refractivity contribution in [2.75, 3.05) is 11.6 Å². The highest BCUT2D eigenvalue weighted by Gasteiger charge is 2.16. The van der Waals surface area contributed by atoms with Gasteiger partial charge in [0.1, 0.15) is 0 Å². The third-order valence-corrected chi connectivity index (χ3v) is 4.00. The maximum absolute atomic E-state index is 11.8. The number of halogens is 1. The Labute approximate surface area is 118 Å². The van der Waals surface area contributed by atoms with E-state index in [9.17, 15) is 13.2 Å². The summed E-state index contributed by atoms with van der Waals surface area (Å²) in [5.74, 6) is -0.380. The second-order valence-corrected chi connectivity index (χ2v) is 6.72. The van der Waals surface area contributed by atoms with Crippen LogP contribution in [0.25, 0.3) is 0 Å². The van der Waals surface area contributed by atoms with Gasteiger partial charge in [-0.3, -0.25) is 4.79 Å². The van der Waals surface area contributed by atoms with E-state index in [2.05, 4.69) is 5.32 Å². The molecule has 106 valence electrons. The summed E-state index contributed by atoms with van der Waals surface area (Å²) in [5.41, 5.74) is 5.93. The molecule has 1 aromatic carbocycles. The molecule has 0 saturated heterocycles. The van der Waals surface area contributed by atoms with Crippen LogP contribution in [0.3, 0.4) is 0 Å². The number of benzene rings is 1. The van der Waals surface area contributed by atoms with Crippen molar-refractivity contribution in [2.45, 2.75) is 30.7 Å². The number of nitrogens with two attached hydrogens (primary N) is 1. The fourth-order valence-electron chi connectivity index (χ4n) is 1.50. The normalized spacial score (nSPS) is 13.1. The molecule has 0 heterocycles. The van der Waals surface area contributed by atoms with Crippen molar-refractivity contribution >= 4 is 33.0 Å². The lowest BCUT2D eigenvalue weighted by Gasteiger charge is -2.13. The van der Waals surface area contributed by atoms with Gasteiger partial charge in [0.25, 0.3) is 0 Å². The van der Waals surface area contributed by atoms with Crippen molar-refractivity contribution in [3.8, 4) is 0 Å². The number of amides is 1. The predicted molar refractivity (Wildman–Crippen MR) is 76.1 cm³/mol. The number of hydrogen-bond acceptors (Lipinski definition) is 4. The van der Waals surface area contributed by atoms with E-state index in [1.807, 2.05) is 6.92 Å². The molecule has 0 aliphatic carbocycles. The monoisotopic (exact) mass is 304 g/mol. The highest BCUT2D eigenvalue weighted by atomic mass is 35.5. The fraction of sp³-hybridized carbons (Fsp3) is 0.417. The summed E-state index contributed by atoms with van der Waals surface area (Å²) in [5, 5.41) is 2.81. The molecule has 0 radical (unpaired) electrons. The summed E-state index contributed by atoms with van der Waals surface area (Å²) in [6.07, 6.45) is 2.42. The zero-order valence-corrected chi connectivity index (χ0v) is 12.4. The molecular weight excluding hydrogens is 288 g/mol.